The Labute approximate surface area is 223 Å². The third kappa shape index (κ3) is 6.22. The molecule has 0 fully saturated rings. The first-order valence-electron chi connectivity index (χ1n) is 12.7. The molecule has 7 nitrogen and oxygen atoms in total. The van der Waals surface area contributed by atoms with Crippen LogP contribution in [0.25, 0.3) is 11.1 Å². The maximum Gasteiger partial charge on any atom is 0.408 e. The molecule has 0 bridgehead atoms. The number of alkyl carbamates (subject to hydrolysis) is 1. The highest BCUT2D eigenvalue weighted by Crippen LogP contribution is 2.36. The summed E-state index contributed by atoms with van der Waals surface area (Å²) in [7, 11) is 1.29. The molecule has 0 aromatic heterocycles. The van der Waals surface area contributed by atoms with Crippen molar-refractivity contribution in [2.45, 2.75) is 57.2 Å². The van der Waals surface area contributed by atoms with Crippen LogP contribution in [-0.2, 0) is 38.3 Å². The predicted octanol–water partition coefficient (Wildman–Crippen LogP) is 4.62. The number of carbonyl (C=O) groups is 3. The van der Waals surface area contributed by atoms with E-state index in [4.69, 9.17) is 9.47 Å². The second kappa shape index (κ2) is 11.1. The van der Waals surface area contributed by atoms with Crippen molar-refractivity contribution in [3.05, 3.63) is 95.6 Å². The van der Waals surface area contributed by atoms with Gasteiger partial charge in [0.1, 0.15) is 17.2 Å². The zero-order chi connectivity index (χ0) is 27.3. The van der Waals surface area contributed by atoms with Gasteiger partial charge < -0.3 is 20.1 Å². The van der Waals surface area contributed by atoms with E-state index >= 15 is 0 Å². The molecule has 198 valence electrons. The van der Waals surface area contributed by atoms with Crippen LogP contribution >= 0.6 is 0 Å². The number of methoxy groups -OCH3 is 1. The average Bonchev–Trinajstić information content (AvgIpc) is 3.02. The molecule has 2 N–H and O–H groups in total. The molecule has 0 radical (unpaired) electrons. The first-order valence-corrected chi connectivity index (χ1v) is 12.7. The lowest BCUT2D eigenvalue weighted by Gasteiger charge is -2.35. The number of benzene rings is 3. The van der Waals surface area contributed by atoms with Crippen LogP contribution in [0.15, 0.2) is 78.9 Å². The SMILES string of the molecule is COC(=O)[C@H](Cc1ccccc1)NC(=O)C1(NC(=O)OC(C)(C)C)Cc2ccccc2-c2ccccc2C1. The van der Waals surface area contributed by atoms with Crippen molar-refractivity contribution in [3.63, 3.8) is 0 Å². The van der Waals surface area contributed by atoms with E-state index in [0.29, 0.717) is 0 Å². The maximum absolute atomic E-state index is 14.2. The van der Waals surface area contributed by atoms with Gasteiger partial charge in [-0.25, -0.2) is 9.59 Å². The molecule has 1 aliphatic rings. The third-order valence-corrected chi connectivity index (χ3v) is 6.56. The van der Waals surface area contributed by atoms with Gasteiger partial charge in [-0.15, -0.1) is 0 Å². The number of hydrogen-bond acceptors (Lipinski definition) is 5. The molecule has 1 atom stereocenters. The van der Waals surface area contributed by atoms with Crippen LogP contribution in [0, 0.1) is 0 Å². The van der Waals surface area contributed by atoms with Gasteiger partial charge in [-0.3, -0.25) is 4.79 Å². The summed E-state index contributed by atoms with van der Waals surface area (Å²) in [5.41, 5.74) is 2.49. The number of hydrogen-bond donors (Lipinski definition) is 2. The molecule has 0 unspecified atom stereocenters. The quantitative estimate of drug-likeness (QED) is 0.469. The lowest BCUT2D eigenvalue weighted by molar-refractivity contribution is -0.146. The van der Waals surface area contributed by atoms with Crippen molar-refractivity contribution < 1.29 is 23.9 Å². The number of esters is 1. The minimum absolute atomic E-state index is 0.210. The summed E-state index contributed by atoms with van der Waals surface area (Å²) < 4.78 is 10.6. The summed E-state index contributed by atoms with van der Waals surface area (Å²) in [6.45, 7) is 5.30. The fourth-order valence-corrected chi connectivity index (χ4v) is 4.87. The number of fused-ring (bicyclic) bond motifs is 3. The second-order valence-electron chi connectivity index (χ2n) is 10.6. The molecule has 4 rings (SSSR count). The third-order valence-electron chi connectivity index (χ3n) is 6.56. The summed E-state index contributed by atoms with van der Waals surface area (Å²) in [6, 6.07) is 24.1. The van der Waals surface area contributed by atoms with Crippen LogP contribution in [0.2, 0.25) is 0 Å². The summed E-state index contributed by atoms with van der Waals surface area (Å²) in [5, 5.41) is 5.81. The molecule has 3 aromatic rings. The molecule has 0 saturated carbocycles. The Bertz CT molecular complexity index is 1270. The maximum atomic E-state index is 14.2. The molecule has 0 spiro atoms. The predicted molar refractivity (Wildman–Crippen MR) is 145 cm³/mol. The molecule has 2 amide bonds. The standard InChI is InChI=1S/C31H34N2O5/c1-30(2,3)38-29(36)33-31(28(35)32-26(27(34)37-4)18-21-12-6-5-7-13-21)19-22-14-8-10-16-24(22)25-17-11-9-15-23(25)20-31/h5-17,26H,18-20H2,1-4H3,(H,32,35)(H,33,36)/t26-/m0/s1. The van der Waals surface area contributed by atoms with Gasteiger partial charge in [0.2, 0.25) is 5.91 Å². The Morgan fingerprint density at radius 1 is 0.842 bits per heavy atom. The highest BCUT2D eigenvalue weighted by molar-refractivity contribution is 5.95. The van der Waals surface area contributed by atoms with Crippen molar-refractivity contribution in [1.29, 1.82) is 0 Å². The van der Waals surface area contributed by atoms with E-state index < -0.39 is 35.2 Å². The Kier molecular flexibility index (Phi) is 7.86. The Balaban J connectivity index is 1.76. The highest BCUT2D eigenvalue weighted by atomic mass is 16.6. The minimum Gasteiger partial charge on any atom is -0.467 e. The largest absolute Gasteiger partial charge is 0.467 e. The summed E-state index contributed by atoms with van der Waals surface area (Å²) >= 11 is 0. The van der Waals surface area contributed by atoms with Gasteiger partial charge in [0, 0.05) is 19.3 Å². The van der Waals surface area contributed by atoms with Gasteiger partial charge >= 0.3 is 12.1 Å². The van der Waals surface area contributed by atoms with Crippen molar-refractivity contribution in [3.8, 4) is 11.1 Å². The van der Waals surface area contributed by atoms with Crippen molar-refractivity contribution in [1.82, 2.24) is 10.6 Å². The van der Waals surface area contributed by atoms with Crippen LogP contribution in [0.5, 0.6) is 0 Å². The zero-order valence-electron chi connectivity index (χ0n) is 22.2. The topological polar surface area (TPSA) is 93.7 Å². The van der Waals surface area contributed by atoms with Crippen LogP contribution in [0.4, 0.5) is 4.79 Å². The molecule has 1 aliphatic carbocycles. The molecule has 0 heterocycles. The van der Waals surface area contributed by atoms with E-state index in [1.165, 1.54) is 7.11 Å². The number of amides is 2. The number of carbonyl (C=O) groups excluding carboxylic acids is 3. The Morgan fingerprint density at radius 3 is 1.89 bits per heavy atom. The molecular formula is C31H34N2O5. The molecule has 7 heteroatoms. The zero-order valence-corrected chi connectivity index (χ0v) is 22.2. The molecular weight excluding hydrogens is 480 g/mol. The number of nitrogens with one attached hydrogen (secondary N) is 2. The van der Waals surface area contributed by atoms with Crippen LogP contribution in [-0.4, -0.2) is 42.3 Å². The Morgan fingerprint density at radius 2 is 1.37 bits per heavy atom. The van der Waals surface area contributed by atoms with Crippen molar-refractivity contribution in [2.75, 3.05) is 7.11 Å². The van der Waals surface area contributed by atoms with Gasteiger partial charge in [-0.2, -0.15) is 0 Å². The van der Waals surface area contributed by atoms with Gasteiger partial charge in [-0.1, -0.05) is 78.9 Å². The number of rotatable bonds is 6. The summed E-state index contributed by atoms with van der Waals surface area (Å²) in [4.78, 5) is 40.1. The summed E-state index contributed by atoms with van der Waals surface area (Å²) in [6.07, 6.45) is -0.0404. The lowest BCUT2D eigenvalue weighted by Crippen LogP contribution is -2.64. The van der Waals surface area contributed by atoms with Crippen LogP contribution < -0.4 is 10.6 Å². The van der Waals surface area contributed by atoms with Crippen LogP contribution in [0.1, 0.15) is 37.5 Å². The van der Waals surface area contributed by atoms with E-state index in [-0.39, 0.29) is 19.3 Å². The smallest absolute Gasteiger partial charge is 0.408 e. The first kappa shape index (κ1) is 26.9. The second-order valence-corrected chi connectivity index (χ2v) is 10.6. The van der Waals surface area contributed by atoms with Crippen molar-refractivity contribution in [2.24, 2.45) is 0 Å². The van der Waals surface area contributed by atoms with E-state index in [9.17, 15) is 14.4 Å². The first-order chi connectivity index (χ1) is 18.1. The van der Waals surface area contributed by atoms with E-state index in [2.05, 4.69) is 10.6 Å². The van der Waals surface area contributed by atoms with Gasteiger partial charge in [-0.05, 0) is 48.6 Å². The fraction of sp³-hybridized carbons (Fsp3) is 0.323. The monoisotopic (exact) mass is 514 g/mol. The lowest BCUT2D eigenvalue weighted by atomic mass is 9.85. The molecule has 0 aliphatic heterocycles. The van der Waals surface area contributed by atoms with Gasteiger partial charge in [0.05, 0.1) is 7.11 Å². The number of ether oxygens (including phenoxy) is 2. The van der Waals surface area contributed by atoms with Gasteiger partial charge in [0.15, 0.2) is 0 Å². The van der Waals surface area contributed by atoms with E-state index in [1.807, 2.05) is 78.9 Å². The normalized spacial score (nSPS) is 14.6. The summed E-state index contributed by atoms with van der Waals surface area (Å²) in [5.74, 6) is -1.05. The molecule has 0 saturated heterocycles. The molecule has 38 heavy (non-hydrogen) atoms. The minimum atomic E-state index is -1.42. The molecule has 3 aromatic carbocycles. The highest BCUT2D eigenvalue weighted by Gasteiger charge is 2.45. The van der Waals surface area contributed by atoms with Gasteiger partial charge in [0.25, 0.3) is 0 Å². The van der Waals surface area contributed by atoms with E-state index in [1.54, 1.807) is 20.8 Å². The van der Waals surface area contributed by atoms with Crippen molar-refractivity contribution >= 4 is 18.0 Å². The van der Waals surface area contributed by atoms with E-state index in [0.717, 1.165) is 27.8 Å². The fourth-order valence-electron chi connectivity index (χ4n) is 4.87. The Hall–Kier alpha value is -4.13. The van der Waals surface area contributed by atoms with Crippen LogP contribution in [0.3, 0.4) is 0 Å². The average molecular weight is 515 g/mol.